The lowest BCUT2D eigenvalue weighted by Gasteiger charge is -2.42. The van der Waals surface area contributed by atoms with Crippen LogP contribution in [0.2, 0.25) is 0 Å². The zero-order chi connectivity index (χ0) is 11.0. The van der Waals surface area contributed by atoms with Crippen molar-refractivity contribution in [3.05, 3.63) is 0 Å². The van der Waals surface area contributed by atoms with Gasteiger partial charge in [0, 0.05) is 6.04 Å². The lowest BCUT2D eigenvalue weighted by atomic mass is 9.83. The van der Waals surface area contributed by atoms with Crippen LogP contribution >= 0.6 is 0 Å². The maximum absolute atomic E-state index is 5.60. The van der Waals surface area contributed by atoms with Crippen molar-refractivity contribution in [2.75, 3.05) is 6.54 Å². The minimum absolute atomic E-state index is 0.0888. The molecule has 1 nitrogen and oxygen atoms in total. The van der Waals surface area contributed by atoms with Gasteiger partial charge in [-0.2, -0.15) is 0 Å². The Balaban J connectivity index is 2.86. The summed E-state index contributed by atoms with van der Waals surface area (Å²) < 4.78 is 0. The standard InChI is InChI=1S/C13H23N/c1-7-13(5,6)14-10-8-9-11(14)12(2,3)4/h1,11H,8-10H2,2-6H3. The first kappa shape index (κ1) is 11.6. The lowest BCUT2D eigenvalue weighted by molar-refractivity contribution is 0.0793. The second kappa shape index (κ2) is 3.59. The maximum Gasteiger partial charge on any atom is 0.0768 e. The molecule has 0 aromatic carbocycles. The molecule has 1 heterocycles. The molecule has 0 aromatic heterocycles. The van der Waals surface area contributed by atoms with E-state index < -0.39 is 0 Å². The van der Waals surface area contributed by atoms with E-state index in [0.717, 1.165) is 6.54 Å². The van der Waals surface area contributed by atoms with E-state index in [1.807, 2.05) is 0 Å². The quantitative estimate of drug-likeness (QED) is 0.579. The van der Waals surface area contributed by atoms with E-state index in [4.69, 9.17) is 6.42 Å². The van der Waals surface area contributed by atoms with Crippen molar-refractivity contribution in [3.63, 3.8) is 0 Å². The van der Waals surface area contributed by atoms with Crippen LogP contribution in [0.3, 0.4) is 0 Å². The van der Waals surface area contributed by atoms with Gasteiger partial charge in [0.2, 0.25) is 0 Å². The van der Waals surface area contributed by atoms with E-state index in [-0.39, 0.29) is 5.54 Å². The molecule has 1 rings (SSSR count). The molecule has 0 aromatic rings. The molecular weight excluding hydrogens is 170 g/mol. The first-order chi connectivity index (χ1) is 6.29. The van der Waals surface area contributed by atoms with Gasteiger partial charge in [-0.05, 0) is 38.6 Å². The third-order valence-corrected chi connectivity index (χ3v) is 3.32. The van der Waals surface area contributed by atoms with Gasteiger partial charge in [0.1, 0.15) is 0 Å². The number of hydrogen-bond acceptors (Lipinski definition) is 1. The Morgan fingerprint density at radius 2 is 1.79 bits per heavy atom. The Morgan fingerprint density at radius 1 is 1.21 bits per heavy atom. The molecule has 0 amide bonds. The highest BCUT2D eigenvalue weighted by atomic mass is 15.2. The summed E-state index contributed by atoms with van der Waals surface area (Å²) in [6.07, 6.45) is 8.17. The predicted molar refractivity (Wildman–Crippen MR) is 62.1 cm³/mol. The van der Waals surface area contributed by atoms with E-state index >= 15 is 0 Å². The van der Waals surface area contributed by atoms with Crippen molar-refractivity contribution >= 4 is 0 Å². The zero-order valence-corrected chi connectivity index (χ0v) is 10.2. The molecule has 1 unspecified atom stereocenters. The van der Waals surface area contributed by atoms with Crippen LogP contribution in [0.4, 0.5) is 0 Å². The Bertz CT molecular complexity index is 239. The minimum Gasteiger partial charge on any atom is -0.284 e. The second-order valence-corrected chi connectivity index (χ2v) is 5.92. The molecule has 0 radical (unpaired) electrons. The van der Waals surface area contributed by atoms with Crippen LogP contribution in [-0.2, 0) is 0 Å². The van der Waals surface area contributed by atoms with Crippen LogP contribution in [0.15, 0.2) is 0 Å². The van der Waals surface area contributed by atoms with Crippen molar-refractivity contribution in [1.29, 1.82) is 0 Å². The van der Waals surface area contributed by atoms with Crippen molar-refractivity contribution in [2.24, 2.45) is 5.41 Å². The Labute approximate surface area is 88.9 Å². The average molecular weight is 193 g/mol. The normalized spacial score (nSPS) is 25.0. The van der Waals surface area contributed by atoms with Crippen LogP contribution in [0.25, 0.3) is 0 Å². The fraction of sp³-hybridized carbons (Fsp3) is 0.846. The smallest absolute Gasteiger partial charge is 0.0768 e. The number of nitrogens with zero attached hydrogens (tertiary/aromatic N) is 1. The predicted octanol–water partition coefficient (Wildman–Crippen LogP) is 2.91. The van der Waals surface area contributed by atoms with Crippen molar-refractivity contribution in [2.45, 2.75) is 59.0 Å². The van der Waals surface area contributed by atoms with Gasteiger partial charge in [-0.1, -0.05) is 26.7 Å². The van der Waals surface area contributed by atoms with Gasteiger partial charge in [0.15, 0.2) is 0 Å². The molecule has 0 N–H and O–H groups in total. The summed E-state index contributed by atoms with van der Waals surface area (Å²) >= 11 is 0. The second-order valence-electron chi connectivity index (χ2n) is 5.92. The van der Waals surface area contributed by atoms with Gasteiger partial charge < -0.3 is 0 Å². The Hall–Kier alpha value is -0.480. The van der Waals surface area contributed by atoms with Gasteiger partial charge in [-0.15, -0.1) is 6.42 Å². The van der Waals surface area contributed by atoms with E-state index in [1.54, 1.807) is 0 Å². The molecule has 1 saturated heterocycles. The minimum atomic E-state index is -0.0888. The van der Waals surface area contributed by atoms with Crippen molar-refractivity contribution in [3.8, 4) is 12.3 Å². The Morgan fingerprint density at radius 3 is 2.21 bits per heavy atom. The molecule has 1 aliphatic heterocycles. The van der Waals surface area contributed by atoms with Crippen LogP contribution in [0.1, 0.15) is 47.5 Å². The molecule has 0 spiro atoms. The molecule has 14 heavy (non-hydrogen) atoms. The number of rotatable bonds is 1. The van der Waals surface area contributed by atoms with Crippen LogP contribution in [-0.4, -0.2) is 23.0 Å². The van der Waals surface area contributed by atoms with Gasteiger partial charge in [0.05, 0.1) is 5.54 Å². The first-order valence-electron chi connectivity index (χ1n) is 5.53. The van der Waals surface area contributed by atoms with E-state index in [0.29, 0.717) is 11.5 Å². The number of likely N-dealkylation sites (tertiary alicyclic amines) is 1. The number of terminal acetylenes is 1. The van der Waals surface area contributed by atoms with E-state index in [9.17, 15) is 0 Å². The van der Waals surface area contributed by atoms with Gasteiger partial charge in [0.25, 0.3) is 0 Å². The third-order valence-electron chi connectivity index (χ3n) is 3.32. The lowest BCUT2D eigenvalue weighted by Crippen LogP contribution is -2.50. The molecule has 80 valence electrons. The van der Waals surface area contributed by atoms with Crippen LogP contribution < -0.4 is 0 Å². The highest BCUT2D eigenvalue weighted by molar-refractivity contribution is 5.12. The van der Waals surface area contributed by atoms with E-state index in [2.05, 4.69) is 45.4 Å². The fourth-order valence-corrected chi connectivity index (χ4v) is 2.42. The SMILES string of the molecule is C#CC(C)(C)N1CCCC1C(C)(C)C. The number of hydrogen-bond donors (Lipinski definition) is 0. The van der Waals surface area contributed by atoms with E-state index in [1.165, 1.54) is 12.8 Å². The molecular formula is C13H23N. The van der Waals surface area contributed by atoms with Crippen molar-refractivity contribution in [1.82, 2.24) is 4.90 Å². The van der Waals surface area contributed by atoms with Gasteiger partial charge in [-0.3, -0.25) is 4.90 Å². The van der Waals surface area contributed by atoms with Gasteiger partial charge >= 0.3 is 0 Å². The average Bonchev–Trinajstić information content (AvgIpc) is 2.51. The summed E-state index contributed by atoms with van der Waals surface area (Å²) in [4.78, 5) is 2.49. The van der Waals surface area contributed by atoms with Crippen molar-refractivity contribution < 1.29 is 0 Å². The monoisotopic (exact) mass is 193 g/mol. The fourth-order valence-electron chi connectivity index (χ4n) is 2.42. The first-order valence-corrected chi connectivity index (χ1v) is 5.53. The van der Waals surface area contributed by atoms with Crippen LogP contribution in [0, 0.1) is 17.8 Å². The highest BCUT2D eigenvalue weighted by Gasteiger charge is 2.40. The molecule has 0 bridgehead atoms. The summed E-state index contributed by atoms with van der Waals surface area (Å²) in [6, 6.07) is 0.633. The zero-order valence-electron chi connectivity index (χ0n) is 10.2. The van der Waals surface area contributed by atoms with Crippen LogP contribution in [0.5, 0.6) is 0 Å². The summed E-state index contributed by atoms with van der Waals surface area (Å²) in [5, 5.41) is 0. The summed E-state index contributed by atoms with van der Waals surface area (Å²) in [5.41, 5.74) is 0.249. The summed E-state index contributed by atoms with van der Waals surface area (Å²) in [6.45, 7) is 12.4. The summed E-state index contributed by atoms with van der Waals surface area (Å²) in [7, 11) is 0. The Kier molecular flexibility index (Phi) is 2.97. The molecule has 0 aliphatic carbocycles. The maximum atomic E-state index is 5.60. The summed E-state index contributed by atoms with van der Waals surface area (Å²) in [5.74, 6) is 2.91. The molecule has 1 heteroatoms. The molecule has 0 saturated carbocycles. The topological polar surface area (TPSA) is 3.24 Å². The molecule has 1 atom stereocenters. The largest absolute Gasteiger partial charge is 0.284 e. The molecule has 1 fully saturated rings. The third kappa shape index (κ3) is 2.12. The highest BCUT2D eigenvalue weighted by Crippen LogP contribution is 2.36. The molecule has 1 aliphatic rings. The van der Waals surface area contributed by atoms with Gasteiger partial charge in [-0.25, -0.2) is 0 Å².